The molecule has 1 atom stereocenters. The molecule has 25 heavy (non-hydrogen) atoms. The van der Waals surface area contributed by atoms with Crippen molar-refractivity contribution in [2.24, 2.45) is 0 Å². The summed E-state index contributed by atoms with van der Waals surface area (Å²) in [6.07, 6.45) is 1.29. The molecule has 0 aromatic heterocycles. The number of nitrogens with one attached hydrogen (secondary N) is 1. The van der Waals surface area contributed by atoms with Crippen LogP contribution in [0.4, 0.5) is 4.79 Å². The summed E-state index contributed by atoms with van der Waals surface area (Å²) in [6, 6.07) is 7.21. The van der Waals surface area contributed by atoms with Gasteiger partial charge in [0.25, 0.3) is 5.91 Å². The molecule has 1 aromatic rings. The second-order valence-electron chi connectivity index (χ2n) is 7.37. The van der Waals surface area contributed by atoms with Crippen molar-refractivity contribution in [3.8, 4) is 0 Å². The molecule has 1 fully saturated rings. The lowest BCUT2D eigenvalue weighted by atomic mass is 9.92. The first-order valence-corrected chi connectivity index (χ1v) is 8.81. The fourth-order valence-electron chi connectivity index (χ4n) is 4.12. The third-order valence-electron chi connectivity index (χ3n) is 5.12. The van der Waals surface area contributed by atoms with Crippen molar-refractivity contribution in [1.82, 2.24) is 15.1 Å². The van der Waals surface area contributed by atoms with Crippen LogP contribution in [0.5, 0.6) is 0 Å². The molecule has 3 rings (SSSR count). The Morgan fingerprint density at radius 2 is 1.84 bits per heavy atom. The fraction of sp³-hybridized carbons (Fsp3) is 0.526. The van der Waals surface area contributed by atoms with Crippen LogP contribution in [-0.2, 0) is 21.5 Å². The molecule has 0 unspecified atom stereocenters. The zero-order valence-corrected chi connectivity index (χ0v) is 15.2. The zero-order chi connectivity index (χ0) is 18.4. The molecule has 0 saturated carbocycles. The second kappa shape index (κ2) is 6.17. The highest BCUT2D eigenvalue weighted by atomic mass is 16.2. The van der Waals surface area contributed by atoms with E-state index in [-0.39, 0.29) is 30.4 Å². The van der Waals surface area contributed by atoms with Crippen molar-refractivity contribution in [2.75, 3.05) is 6.54 Å². The van der Waals surface area contributed by atoms with Gasteiger partial charge >= 0.3 is 6.03 Å². The quantitative estimate of drug-likeness (QED) is 0.851. The number of benzene rings is 1. The summed E-state index contributed by atoms with van der Waals surface area (Å²) in [6.45, 7) is 7.50. The van der Waals surface area contributed by atoms with E-state index in [0.29, 0.717) is 6.42 Å². The molecular formula is C19H25N3O3. The van der Waals surface area contributed by atoms with E-state index in [1.807, 2.05) is 52.0 Å². The number of fused-ring (bicyclic) bond motifs is 2. The second-order valence-corrected chi connectivity index (χ2v) is 7.37. The van der Waals surface area contributed by atoms with Crippen molar-refractivity contribution in [1.29, 1.82) is 0 Å². The normalized spacial score (nSPS) is 22.1. The van der Waals surface area contributed by atoms with Crippen molar-refractivity contribution < 1.29 is 14.4 Å². The number of imide groups is 1. The van der Waals surface area contributed by atoms with Crippen molar-refractivity contribution in [3.05, 3.63) is 35.4 Å². The van der Waals surface area contributed by atoms with Crippen molar-refractivity contribution in [2.45, 2.75) is 58.2 Å². The van der Waals surface area contributed by atoms with E-state index in [2.05, 4.69) is 5.32 Å². The van der Waals surface area contributed by atoms with E-state index < -0.39 is 11.6 Å². The number of urea groups is 1. The van der Waals surface area contributed by atoms with Gasteiger partial charge in [0.2, 0.25) is 5.91 Å². The summed E-state index contributed by atoms with van der Waals surface area (Å²) < 4.78 is 0. The first-order chi connectivity index (χ1) is 11.8. The summed E-state index contributed by atoms with van der Waals surface area (Å²) in [5.41, 5.74) is 0.928. The summed E-state index contributed by atoms with van der Waals surface area (Å²) in [7, 11) is 0. The van der Waals surface area contributed by atoms with Gasteiger partial charge in [-0.1, -0.05) is 24.3 Å². The predicted molar refractivity (Wildman–Crippen MR) is 93.8 cm³/mol. The Balaban J connectivity index is 1.85. The van der Waals surface area contributed by atoms with E-state index in [1.54, 1.807) is 4.90 Å². The van der Waals surface area contributed by atoms with Crippen LogP contribution in [0, 0.1) is 0 Å². The summed E-state index contributed by atoms with van der Waals surface area (Å²) >= 11 is 0. The number of carbonyl (C=O) groups is 3. The van der Waals surface area contributed by atoms with Crippen molar-refractivity contribution in [3.63, 3.8) is 0 Å². The number of hydrogen-bond acceptors (Lipinski definition) is 3. The molecule has 1 spiro atoms. The molecule has 4 amide bonds. The minimum atomic E-state index is -1.01. The molecule has 0 radical (unpaired) electrons. The molecule has 2 aliphatic rings. The smallest absolute Gasteiger partial charge is 0.325 e. The lowest BCUT2D eigenvalue weighted by molar-refractivity contribution is -0.141. The molecule has 1 aromatic carbocycles. The molecule has 1 N–H and O–H groups in total. The van der Waals surface area contributed by atoms with E-state index in [0.717, 1.165) is 22.4 Å². The van der Waals surface area contributed by atoms with E-state index in [4.69, 9.17) is 0 Å². The Morgan fingerprint density at radius 1 is 1.20 bits per heavy atom. The number of aryl methyl sites for hydroxylation is 1. The highest BCUT2D eigenvalue weighted by molar-refractivity contribution is 6.09. The molecule has 1 aliphatic carbocycles. The van der Waals surface area contributed by atoms with Gasteiger partial charge < -0.3 is 10.2 Å². The molecule has 1 saturated heterocycles. The molecule has 134 valence electrons. The maximum Gasteiger partial charge on any atom is 0.325 e. The van der Waals surface area contributed by atoms with Crippen LogP contribution in [0.25, 0.3) is 0 Å². The average Bonchev–Trinajstić information content (AvgIpc) is 3.01. The minimum Gasteiger partial charge on any atom is -0.336 e. The third-order valence-corrected chi connectivity index (χ3v) is 5.12. The maximum absolute atomic E-state index is 13.1. The standard InChI is InChI=1S/C19H25N3O3/c1-12(2)22(13(3)4)16(23)11-21-17(24)19(20-18(21)25)10-9-14-7-5-6-8-15(14)19/h5-8,12-13H,9-11H2,1-4H3,(H,20,25)/t19-/m1/s1. The Bertz CT molecular complexity index is 720. The number of amides is 4. The Labute approximate surface area is 148 Å². The monoisotopic (exact) mass is 343 g/mol. The summed E-state index contributed by atoms with van der Waals surface area (Å²) in [5, 5.41) is 2.85. The highest BCUT2D eigenvalue weighted by Crippen LogP contribution is 2.41. The van der Waals surface area contributed by atoms with Gasteiger partial charge in [0.1, 0.15) is 12.1 Å². The van der Waals surface area contributed by atoms with Gasteiger partial charge in [0.05, 0.1) is 0 Å². The topological polar surface area (TPSA) is 69.7 Å². The number of nitrogens with zero attached hydrogens (tertiary/aromatic N) is 2. The maximum atomic E-state index is 13.1. The van der Waals surface area contributed by atoms with Gasteiger partial charge in [-0.05, 0) is 51.7 Å². The SMILES string of the molecule is CC(C)N(C(=O)CN1C(=O)N[C@@]2(CCc3ccccc32)C1=O)C(C)C. The summed E-state index contributed by atoms with van der Waals surface area (Å²) in [5.74, 6) is -0.528. The van der Waals surface area contributed by atoms with Gasteiger partial charge in [-0.2, -0.15) is 0 Å². The zero-order valence-electron chi connectivity index (χ0n) is 15.2. The van der Waals surface area contributed by atoms with Crippen molar-refractivity contribution >= 4 is 17.8 Å². The Morgan fingerprint density at radius 3 is 2.48 bits per heavy atom. The average molecular weight is 343 g/mol. The van der Waals surface area contributed by atoms with Crippen LogP contribution < -0.4 is 5.32 Å². The molecule has 1 aliphatic heterocycles. The largest absolute Gasteiger partial charge is 0.336 e. The van der Waals surface area contributed by atoms with Gasteiger partial charge in [-0.15, -0.1) is 0 Å². The van der Waals surface area contributed by atoms with E-state index in [9.17, 15) is 14.4 Å². The van der Waals surface area contributed by atoms with Crippen LogP contribution in [-0.4, -0.2) is 46.3 Å². The van der Waals surface area contributed by atoms with Crippen LogP contribution in [0.3, 0.4) is 0 Å². The van der Waals surface area contributed by atoms with Gasteiger partial charge in [-0.25, -0.2) is 4.79 Å². The first kappa shape index (κ1) is 17.5. The van der Waals surface area contributed by atoms with Crippen LogP contribution in [0.15, 0.2) is 24.3 Å². The molecule has 6 heteroatoms. The number of rotatable bonds is 4. The van der Waals surface area contributed by atoms with Crippen LogP contribution >= 0.6 is 0 Å². The lowest BCUT2D eigenvalue weighted by Crippen LogP contribution is -2.49. The predicted octanol–water partition coefficient (Wildman–Crippen LogP) is 2.03. The summed E-state index contributed by atoms with van der Waals surface area (Å²) in [4.78, 5) is 41.0. The number of hydrogen-bond donors (Lipinski definition) is 1. The number of carbonyl (C=O) groups excluding carboxylic acids is 3. The highest BCUT2D eigenvalue weighted by Gasteiger charge is 2.55. The third kappa shape index (κ3) is 2.69. The molecular weight excluding hydrogens is 318 g/mol. The van der Waals surface area contributed by atoms with E-state index in [1.165, 1.54) is 0 Å². The van der Waals surface area contributed by atoms with Gasteiger partial charge in [-0.3, -0.25) is 14.5 Å². The molecule has 6 nitrogen and oxygen atoms in total. The first-order valence-electron chi connectivity index (χ1n) is 8.81. The lowest BCUT2D eigenvalue weighted by Gasteiger charge is -2.32. The van der Waals surface area contributed by atoms with Gasteiger partial charge in [0, 0.05) is 12.1 Å². The van der Waals surface area contributed by atoms with Gasteiger partial charge in [0.15, 0.2) is 0 Å². The minimum absolute atomic E-state index is 0.00873. The van der Waals surface area contributed by atoms with E-state index >= 15 is 0 Å². The molecule has 0 bridgehead atoms. The fourth-order valence-corrected chi connectivity index (χ4v) is 4.12. The molecule has 1 heterocycles. The Hall–Kier alpha value is -2.37. The van der Waals surface area contributed by atoms with Crippen LogP contribution in [0.1, 0.15) is 45.2 Å². The Kier molecular flexibility index (Phi) is 4.31. The van der Waals surface area contributed by atoms with Crippen LogP contribution in [0.2, 0.25) is 0 Å².